The quantitative estimate of drug-likeness (QED) is 0.466. The molecule has 5 rings (SSSR count). The molecule has 1 aromatic carbocycles. The number of nitrogens with one attached hydrogen (secondary N) is 1. The summed E-state index contributed by atoms with van der Waals surface area (Å²) in [5.74, 6) is -1.75. The van der Waals surface area contributed by atoms with Crippen molar-refractivity contribution < 1.29 is 23.1 Å². The third kappa shape index (κ3) is 6.84. The maximum atomic E-state index is 10.6. The average Bonchev–Trinajstić information content (AvgIpc) is 3.56. The van der Waals surface area contributed by atoms with Gasteiger partial charge in [0.1, 0.15) is 12.1 Å². The van der Waals surface area contributed by atoms with E-state index in [-0.39, 0.29) is 0 Å². The van der Waals surface area contributed by atoms with Gasteiger partial charge in [0.15, 0.2) is 5.65 Å². The van der Waals surface area contributed by atoms with E-state index in [1.807, 2.05) is 6.07 Å². The molecule has 2 saturated heterocycles. The van der Waals surface area contributed by atoms with Gasteiger partial charge >= 0.3 is 12.1 Å². The van der Waals surface area contributed by atoms with E-state index in [4.69, 9.17) is 21.5 Å². The van der Waals surface area contributed by atoms with Crippen molar-refractivity contribution in [1.29, 1.82) is 0 Å². The molecule has 2 aliphatic heterocycles. The monoisotopic (exact) mass is 553 g/mol. The van der Waals surface area contributed by atoms with Gasteiger partial charge in [-0.15, -0.1) is 0 Å². The Balaban J connectivity index is 0.000000426. The second kappa shape index (κ2) is 12.2. The highest BCUT2D eigenvalue weighted by atomic mass is 35.5. The summed E-state index contributed by atoms with van der Waals surface area (Å²) in [5.41, 5.74) is 4.43. The number of halogens is 4. The number of rotatable bonds is 6. The number of hydrogen-bond acceptors (Lipinski definition) is 7. The summed E-state index contributed by atoms with van der Waals surface area (Å²) < 4.78 is 31.7. The first-order chi connectivity index (χ1) is 18.1. The van der Waals surface area contributed by atoms with Gasteiger partial charge in [0.25, 0.3) is 0 Å². The summed E-state index contributed by atoms with van der Waals surface area (Å²) in [7, 11) is 0. The van der Waals surface area contributed by atoms with Crippen LogP contribution < -0.4 is 9.80 Å². The Bertz CT molecular complexity index is 1240. The Morgan fingerprint density at radius 1 is 1.08 bits per heavy atom. The molecule has 2 N–H and O–H groups in total. The second-order valence-corrected chi connectivity index (χ2v) is 9.89. The van der Waals surface area contributed by atoms with Crippen LogP contribution in [0.3, 0.4) is 0 Å². The number of hydrogen-bond donors (Lipinski definition) is 2. The third-order valence-electron chi connectivity index (χ3n) is 6.83. The number of aromatic amines is 1. The van der Waals surface area contributed by atoms with E-state index in [9.17, 15) is 13.2 Å². The van der Waals surface area contributed by atoms with Crippen LogP contribution in [0.15, 0.2) is 24.5 Å². The van der Waals surface area contributed by atoms with E-state index in [0.29, 0.717) is 0 Å². The van der Waals surface area contributed by atoms with Crippen molar-refractivity contribution in [3.63, 3.8) is 0 Å². The Morgan fingerprint density at radius 2 is 1.74 bits per heavy atom. The minimum absolute atomic E-state index is 0.789. The molecule has 0 atom stereocenters. The number of nitrogens with zero attached hydrogens (tertiary/aromatic N) is 6. The molecule has 0 saturated carbocycles. The standard InChI is InChI=1S/C23H30ClN7.C2HF3O2/c1-17-6-7-18(24)15-20(17)30-11-13-31(14-12-30)23-21-19(27-28-22(21)25-16-26-23)5-4-10-29-8-2-3-9-29;3-2(4,5)1(6)7/h6-7,15-16H,2-5,8-14H2,1H3,(H,25,26,27,28);(H,6,7). The zero-order chi connectivity index (χ0) is 27.3. The summed E-state index contributed by atoms with van der Waals surface area (Å²) in [6, 6.07) is 6.13. The number of carbonyl (C=O) groups is 1. The molecule has 0 radical (unpaired) electrons. The van der Waals surface area contributed by atoms with Crippen molar-refractivity contribution in [1.82, 2.24) is 25.1 Å². The van der Waals surface area contributed by atoms with E-state index in [1.165, 1.54) is 37.2 Å². The molecular formula is C25H31ClF3N7O2. The van der Waals surface area contributed by atoms with Gasteiger partial charge in [0.05, 0.1) is 11.1 Å². The maximum absolute atomic E-state index is 10.6. The van der Waals surface area contributed by atoms with Gasteiger partial charge in [-0.2, -0.15) is 18.3 Å². The molecule has 2 aromatic heterocycles. The van der Waals surface area contributed by atoms with Crippen molar-refractivity contribution in [2.45, 2.75) is 38.8 Å². The molecule has 2 fully saturated rings. The van der Waals surface area contributed by atoms with Crippen LogP contribution in [-0.2, 0) is 11.2 Å². The van der Waals surface area contributed by atoms with Gasteiger partial charge in [0.2, 0.25) is 0 Å². The van der Waals surface area contributed by atoms with Crippen LogP contribution in [0.1, 0.15) is 30.5 Å². The summed E-state index contributed by atoms with van der Waals surface area (Å²) in [6.45, 7) is 9.48. The lowest BCUT2D eigenvalue weighted by Crippen LogP contribution is -2.47. The summed E-state index contributed by atoms with van der Waals surface area (Å²) in [5, 5.41) is 16.7. The van der Waals surface area contributed by atoms with Crippen molar-refractivity contribution >= 4 is 40.1 Å². The fraction of sp³-hybridized carbons (Fsp3) is 0.520. The molecule has 0 amide bonds. The lowest BCUT2D eigenvalue weighted by Gasteiger charge is -2.37. The number of aliphatic carboxylic acids is 1. The number of carboxylic acids is 1. The lowest BCUT2D eigenvalue weighted by molar-refractivity contribution is -0.192. The molecule has 3 aromatic rings. The smallest absolute Gasteiger partial charge is 0.475 e. The normalized spacial score (nSPS) is 16.6. The van der Waals surface area contributed by atoms with E-state index < -0.39 is 12.1 Å². The highest BCUT2D eigenvalue weighted by molar-refractivity contribution is 6.30. The van der Waals surface area contributed by atoms with E-state index in [1.54, 1.807) is 6.33 Å². The molecule has 0 bridgehead atoms. The number of aryl methyl sites for hydroxylation is 2. The molecule has 0 unspecified atom stereocenters. The first-order valence-electron chi connectivity index (χ1n) is 12.6. The first-order valence-corrected chi connectivity index (χ1v) is 13.0. The zero-order valence-corrected chi connectivity index (χ0v) is 21.9. The molecule has 2 aliphatic rings. The van der Waals surface area contributed by atoms with Crippen molar-refractivity contribution in [2.75, 3.05) is 55.6 Å². The lowest BCUT2D eigenvalue weighted by atomic mass is 10.1. The fourth-order valence-electron chi connectivity index (χ4n) is 4.88. The number of piperazine rings is 1. The summed E-state index contributed by atoms with van der Waals surface area (Å²) in [6.07, 6.45) is 1.32. The van der Waals surface area contributed by atoms with Crippen LogP contribution in [0.2, 0.25) is 5.02 Å². The van der Waals surface area contributed by atoms with Crippen LogP contribution in [-0.4, -0.2) is 88.1 Å². The highest BCUT2D eigenvalue weighted by Gasteiger charge is 2.38. The van der Waals surface area contributed by atoms with Crippen LogP contribution in [0.5, 0.6) is 0 Å². The molecule has 13 heteroatoms. The number of anilines is 2. The number of aromatic nitrogens is 4. The van der Waals surface area contributed by atoms with Gasteiger partial charge < -0.3 is 19.8 Å². The van der Waals surface area contributed by atoms with Gasteiger partial charge in [-0.05, 0) is 69.9 Å². The van der Waals surface area contributed by atoms with Gasteiger partial charge in [-0.1, -0.05) is 17.7 Å². The van der Waals surface area contributed by atoms with Gasteiger partial charge in [-0.3, -0.25) is 5.10 Å². The SMILES string of the molecule is Cc1ccc(Cl)cc1N1CCN(c2ncnc3[nH]nc(CCCN4CCCC4)c23)CC1.O=C(O)C(F)(F)F. The van der Waals surface area contributed by atoms with Crippen LogP contribution in [0.25, 0.3) is 11.0 Å². The Kier molecular flexibility index (Phi) is 8.93. The molecular weight excluding hydrogens is 523 g/mol. The van der Waals surface area contributed by atoms with Gasteiger partial charge in [-0.25, -0.2) is 14.8 Å². The summed E-state index contributed by atoms with van der Waals surface area (Å²) >= 11 is 6.25. The predicted octanol–water partition coefficient (Wildman–Crippen LogP) is 4.30. The minimum atomic E-state index is -5.08. The fourth-order valence-corrected chi connectivity index (χ4v) is 5.05. The zero-order valence-electron chi connectivity index (χ0n) is 21.1. The second-order valence-electron chi connectivity index (χ2n) is 9.45. The molecule has 4 heterocycles. The Labute approximate surface area is 223 Å². The number of alkyl halides is 3. The van der Waals surface area contributed by atoms with Crippen LogP contribution in [0, 0.1) is 6.92 Å². The highest BCUT2D eigenvalue weighted by Crippen LogP contribution is 2.29. The Hall–Kier alpha value is -3.12. The number of carboxylic acid groups (broad SMARTS) is 1. The van der Waals surface area contributed by atoms with E-state index in [0.717, 1.165) is 73.1 Å². The molecule has 38 heavy (non-hydrogen) atoms. The number of fused-ring (bicyclic) bond motifs is 1. The number of likely N-dealkylation sites (tertiary alicyclic amines) is 1. The minimum Gasteiger partial charge on any atom is -0.475 e. The topological polar surface area (TPSA) is 101 Å². The first kappa shape index (κ1) is 27.9. The van der Waals surface area contributed by atoms with Crippen molar-refractivity contribution in [2.24, 2.45) is 0 Å². The third-order valence-corrected chi connectivity index (χ3v) is 7.07. The van der Waals surface area contributed by atoms with E-state index in [2.05, 4.69) is 53.9 Å². The van der Waals surface area contributed by atoms with Gasteiger partial charge in [0, 0.05) is 36.9 Å². The molecule has 9 nitrogen and oxygen atoms in total. The molecule has 0 aliphatic carbocycles. The van der Waals surface area contributed by atoms with E-state index >= 15 is 0 Å². The number of benzene rings is 1. The largest absolute Gasteiger partial charge is 0.490 e. The van der Waals surface area contributed by atoms with Crippen molar-refractivity contribution in [3.05, 3.63) is 40.8 Å². The van der Waals surface area contributed by atoms with Crippen LogP contribution >= 0.6 is 11.6 Å². The van der Waals surface area contributed by atoms with Crippen LogP contribution in [0.4, 0.5) is 24.7 Å². The summed E-state index contributed by atoms with van der Waals surface area (Å²) in [4.78, 5) is 25.4. The maximum Gasteiger partial charge on any atom is 0.490 e. The number of H-pyrrole nitrogens is 1. The predicted molar refractivity (Wildman–Crippen MR) is 140 cm³/mol. The molecule has 0 spiro atoms. The molecule has 206 valence electrons. The van der Waals surface area contributed by atoms with Crippen molar-refractivity contribution in [3.8, 4) is 0 Å². The Morgan fingerprint density at radius 3 is 2.39 bits per heavy atom. The average molecular weight is 554 g/mol.